The van der Waals surface area contributed by atoms with Crippen molar-refractivity contribution in [1.29, 1.82) is 0 Å². The van der Waals surface area contributed by atoms with Crippen molar-refractivity contribution in [3.63, 3.8) is 0 Å². The zero-order chi connectivity index (χ0) is 10.4. The third-order valence-corrected chi connectivity index (χ3v) is 3.45. The van der Waals surface area contributed by atoms with Gasteiger partial charge in [0.2, 0.25) is 0 Å². The number of hydrogen-bond acceptors (Lipinski definition) is 2. The lowest BCUT2D eigenvalue weighted by molar-refractivity contribution is 0.101. The van der Waals surface area contributed by atoms with Gasteiger partial charge in [0.05, 0.1) is 0 Å². The van der Waals surface area contributed by atoms with Gasteiger partial charge < -0.3 is 5.11 Å². The summed E-state index contributed by atoms with van der Waals surface area (Å²) in [6.45, 7) is 6.27. The van der Waals surface area contributed by atoms with Gasteiger partial charge in [0.15, 0.2) is 0 Å². The minimum atomic E-state index is 0.352. The van der Waals surface area contributed by atoms with Gasteiger partial charge >= 0.3 is 0 Å². The summed E-state index contributed by atoms with van der Waals surface area (Å²) in [5.41, 5.74) is 0. The fraction of sp³-hybridized carbons (Fsp3) is 1.00. The van der Waals surface area contributed by atoms with E-state index in [9.17, 15) is 0 Å². The molecule has 0 aromatic rings. The summed E-state index contributed by atoms with van der Waals surface area (Å²) in [7, 11) is 0. The van der Waals surface area contributed by atoms with Gasteiger partial charge in [-0.2, -0.15) is 0 Å². The van der Waals surface area contributed by atoms with Crippen molar-refractivity contribution in [2.24, 2.45) is 0 Å². The van der Waals surface area contributed by atoms with Crippen LogP contribution in [0.2, 0.25) is 0 Å². The molecule has 0 aliphatic carbocycles. The number of unbranched alkanes of at least 4 members (excludes halogenated alkanes) is 2. The van der Waals surface area contributed by atoms with Crippen LogP contribution in [0.5, 0.6) is 0 Å². The first-order valence-electron chi connectivity index (χ1n) is 6.12. The molecule has 0 amide bonds. The highest BCUT2D eigenvalue weighted by Crippen LogP contribution is 2.22. The van der Waals surface area contributed by atoms with Crippen LogP contribution < -0.4 is 0 Å². The standard InChI is InChI=1S/C12H25NO/c1-11-7-6-8-12(2)13(11)9-4-3-5-10-14/h11-12,14H,3-10H2,1-2H3. The van der Waals surface area contributed by atoms with Gasteiger partial charge in [-0.3, -0.25) is 4.90 Å². The van der Waals surface area contributed by atoms with Crippen molar-refractivity contribution in [1.82, 2.24) is 4.90 Å². The Kier molecular flexibility index (Phi) is 5.49. The molecule has 1 fully saturated rings. The Morgan fingerprint density at radius 1 is 1.07 bits per heavy atom. The molecule has 0 spiro atoms. The van der Waals surface area contributed by atoms with Crippen LogP contribution in [0.1, 0.15) is 52.4 Å². The summed E-state index contributed by atoms with van der Waals surface area (Å²) >= 11 is 0. The van der Waals surface area contributed by atoms with E-state index in [1.54, 1.807) is 0 Å². The Morgan fingerprint density at radius 3 is 2.29 bits per heavy atom. The second-order valence-electron chi connectivity index (χ2n) is 4.65. The number of hydrogen-bond donors (Lipinski definition) is 1. The predicted octanol–water partition coefficient (Wildman–Crippen LogP) is 2.41. The van der Waals surface area contributed by atoms with E-state index >= 15 is 0 Å². The van der Waals surface area contributed by atoms with E-state index in [1.807, 2.05) is 0 Å². The molecule has 1 aliphatic rings. The molecule has 14 heavy (non-hydrogen) atoms. The summed E-state index contributed by atoms with van der Waals surface area (Å²) in [6, 6.07) is 1.54. The average molecular weight is 199 g/mol. The highest BCUT2D eigenvalue weighted by atomic mass is 16.2. The first-order chi connectivity index (χ1) is 6.75. The van der Waals surface area contributed by atoms with Crippen LogP contribution in [0.25, 0.3) is 0 Å². The summed E-state index contributed by atoms with van der Waals surface area (Å²) in [4.78, 5) is 2.64. The van der Waals surface area contributed by atoms with Crippen molar-refractivity contribution in [2.75, 3.05) is 13.2 Å². The highest BCUT2D eigenvalue weighted by molar-refractivity contribution is 4.79. The second kappa shape index (κ2) is 6.41. The van der Waals surface area contributed by atoms with Crippen LogP contribution in [0.4, 0.5) is 0 Å². The molecule has 1 saturated heterocycles. The minimum absolute atomic E-state index is 0.352. The van der Waals surface area contributed by atoms with Crippen molar-refractivity contribution in [2.45, 2.75) is 64.5 Å². The molecule has 0 aromatic heterocycles. The summed E-state index contributed by atoms with van der Waals surface area (Å²) in [5.74, 6) is 0. The number of aliphatic hydroxyl groups excluding tert-OH is 1. The summed E-state index contributed by atoms with van der Waals surface area (Å²) in [6.07, 6.45) is 7.52. The molecule has 84 valence electrons. The summed E-state index contributed by atoms with van der Waals surface area (Å²) in [5, 5.41) is 8.69. The molecule has 0 saturated carbocycles. The topological polar surface area (TPSA) is 23.5 Å². The lowest BCUT2D eigenvalue weighted by Crippen LogP contribution is -2.44. The van der Waals surface area contributed by atoms with Crippen LogP contribution in [0, 0.1) is 0 Å². The minimum Gasteiger partial charge on any atom is -0.396 e. The normalized spacial score (nSPS) is 29.4. The maximum atomic E-state index is 8.69. The summed E-state index contributed by atoms with van der Waals surface area (Å²) < 4.78 is 0. The van der Waals surface area contributed by atoms with Crippen molar-refractivity contribution in [3.05, 3.63) is 0 Å². The molecule has 0 bridgehead atoms. The Hall–Kier alpha value is -0.0800. The van der Waals surface area contributed by atoms with Crippen LogP contribution >= 0.6 is 0 Å². The van der Waals surface area contributed by atoms with Crippen LogP contribution in [-0.4, -0.2) is 35.2 Å². The molecule has 2 nitrogen and oxygen atoms in total. The number of piperidine rings is 1. The molecular formula is C12H25NO. The van der Waals surface area contributed by atoms with E-state index in [0.717, 1.165) is 18.5 Å². The molecule has 0 aromatic carbocycles. The van der Waals surface area contributed by atoms with Gasteiger partial charge in [-0.15, -0.1) is 0 Å². The van der Waals surface area contributed by atoms with Gasteiger partial charge in [-0.05, 0) is 52.5 Å². The first kappa shape index (κ1) is 12.0. The maximum Gasteiger partial charge on any atom is 0.0431 e. The van der Waals surface area contributed by atoms with Gasteiger partial charge in [0.1, 0.15) is 0 Å². The number of nitrogens with zero attached hydrogens (tertiary/aromatic N) is 1. The van der Waals surface area contributed by atoms with Gasteiger partial charge in [-0.1, -0.05) is 6.42 Å². The van der Waals surface area contributed by atoms with Gasteiger partial charge in [0, 0.05) is 18.7 Å². The zero-order valence-corrected chi connectivity index (χ0v) is 9.71. The predicted molar refractivity (Wildman–Crippen MR) is 60.4 cm³/mol. The molecule has 1 heterocycles. The molecule has 1 N–H and O–H groups in total. The third kappa shape index (κ3) is 3.58. The Balaban J connectivity index is 2.19. The molecule has 0 radical (unpaired) electrons. The fourth-order valence-corrected chi connectivity index (χ4v) is 2.50. The smallest absolute Gasteiger partial charge is 0.0431 e. The van der Waals surface area contributed by atoms with Crippen LogP contribution in [0.15, 0.2) is 0 Å². The monoisotopic (exact) mass is 199 g/mol. The van der Waals surface area contributed by atoms with Crippen molar-refractivity contribution >= 4 is 0 Å². The lowest BCUT2D eigenvalue weighted by atomic mass is 9.97. The molecule has 1 rings (SSSR count). The van der Waals surface area contributed by atoms with E-state index in [2.05, 4.69) is 18.7 Å². The van der Waals surface area contributed by atoms with Crippen LogP contribution in [-0.2, 0) is 0 Å². The molecule has 2 atom stereocenters. The fourth-order valence-electron chi connectivity index (χ4n) is 2.50. The number of likely N-dealkylation sites (tertiary alicyclic amines) is 1. The van der Waals surface area contributed by atoms with Crippen LogP contribution in [0.3, 0.4) is 0 Å². The molecule has 2 heteroatoms. The molecular weight excluding hydrogens is 174 g/mol. The molecule has 2 unspecified atom stereocenters. The van der Waals surface area contributed by atoms with E-state index in [-0.39, 0.29) is 0 Å². The Labute approximate surface area is 88.3 Å². The van der Waals surface area contributed by atoms with Crippen molar-refractivity contribution < 1.29 is 5.11 Å². The lowest BCUT2D eigenvalue weighted by Gasteiger charge is -2.39. The van der Waals surface area contributed by atoms with Gasteiger partial charge in [-0.25, -0.2) is 0 Å². The van der Waals surface area contributed by atoms with Gasteiger partial charge in [0.25, 0.3) is 0 Å². The van der Waals surface area contributed by atoms with E-state index in [0.29, 0.717) is 6.61 Å². The van der Waals surface area contributed by atoms with Crippen molar-refractivity contribution in [3.8, 4) is 0 Å². The third-order valence-electron chi connectivity index (χ3n) is 3.45. The second-order valence-corrected chi connectivity index (χ2v) is 4.65. The SMILES string of the molecule is CC1CCCC(C)N1CCCCCO. The van der Waals surface area contributed by atoms with E-state index < -0.39 is 0 Å². The zero-order valence-electron chi connectivity index (χ0n) is 9.71. The first-order valence-corrected chi connectivity index (χ1v) is 6.12. The number of aliphatic hydroxyl groups is 1. The number of rotatable bonds is 5. The Bertz CT molecular complexity index is 139. The average Bonchev–Trinajstić information content (AvgIpc) is 2.16. The highest BCUT2D eigenvalue weighted by Gasteiger charge is 2.23. The quantitative estimate of drug-likeness (QED) is 0.687. The molecule has 1 aliphatic heterocycles. The maximum absolute atomic E-state index is 8.69. The Morgan fingerprint density at radius 2 is 1.71 bits per heavy atom. The van der Waals surface area contributed by atoms with E-state index in [1.165, 1.54) is 38.6 Å². The van der Waals surface area contributed by atoms with E-state index in [4.69, 9.17) is 5.11 Å². The largest absolute Gasteiger partial charge is 0.396 e.